The van der Waals surface area contributed by atoms with Crippen LogP contribution < -0.4 is 0 Å². The minimum Gasteiger partial charge on any atom is -0.420 e. The minimum atomic E-state index is -2.29. The first-order valence-corrected chi connectivity index (χ1v) is 17.0. The molecule has 148 valence electrons. The second-order valence-electron chi connectivity index (χ2n) is 6.36. The molecule has 24 heavy (non-hydrogen) atoms. The molecule has 1 aliphatic carbocycles. The maximum Gasteiger partial charge on any atom is 0.343 e. The van der Waals surface area contributed by atoms with E-state index >= 15 is 0 Å². The number of hydrogen-bond donors (Lipinski definition) is 0. The van der Waals surface area contributed by atoms with Gasteiger partial charge in [-0.05, 0) is 44.9 Å². The van der Waals surface area contributed by atoms with Crippen LogP contribution in [-0.4, -0.2) is 49.2 Å². The highest BCUT2D eigenvalue weighted by Gasteiger charge is 2.40. The lowest BCUT2D eigenvalue weighted by Crippen LogP contribution is -2.56. The molecular weight excluding hydrogens is 373 g/mol. The zero-order valence-corrected chi connectivity index (χ0v) is 18.3. The van der Waals surface area contributed by atoms with Gasteiger partial charge in [-0.3, -0.25) is 0 Å². The Bertz CT molecular complexity index is 304. The lowest BCUT2D eigenvalue weighted by Gasteiger charge is -2.37. The van der Waals surface area contributed by atoms with E-state index in [2.05, 4.69) is 26.2 Å². The molecule has 2 rings (SSSR count). The molecule has 0 N–H and O–H groups in total. The first-order valence-electron chi connectivity index (χ1n) is 8.21. The van der Waals surface area contributed by atoms with E-state index in [4.69, 9.17) is 21.2 Å². The molecule has 2 fully saturated rings. The fourth-order valence-corrected chi connectivity index (χ4v) is 17.2. The normalized spacial score (nSPS) is 34.8. The van der Waals surface area contributed by atoms with Crippen LogP contribution in [0.25, 0.3) is 0 Å². The Morgan fingerprint density at radius 3 is 1.88 bits per heavy atom. The summed E-state index contributed by atoms with van der Waals surface area (Å²) in [7, 11) is -7.10. The Morgan fingerprint density at radius 2 is 1.38 bits per heavy atom. The van der Waals surface area contributed by atoms with Gasteiger partial charge in [0.25, 0.3) is 27.9 Å². The summed E-state index contributed by atoms with van der Waals surface area (Å²) in [5.74, 6) is 0.731. The van der Waals surface area contributed by atoms with E-state index in [1.807, 2.05) is 0 Å². The molecule has 0 aromatic heterocycles. The lowest BCUT2D eigenvalue weighted by atomic mass is 9.90. The monoisotopic (exact) mass is 414 g/mol. The van der Waals surface area contributed by atoms with Crippen LogP contribution in [0.15, 0.2) is 0 Å². The highest BCUT2D eigenvalue weighted by Crippen LogP contribution is 2.24. The molecule has 9 heteroatoms. The predicted octanol–water partition coefficient (Wildman–Crippen LogP) is 3.73. The third-order valence-electron chi connectivity index (χ3n) is 4.04. The number of hydrogen-bond acceptors (Lipinski definition) is 5. The molecule has 2 aliphatic rings. The lowest BCUT2D eigenvalue weighted by molar-refractivity contribution is 0.0961. The molecule has 1 heterocycles. The zero-order chi connectivity index (χ0) is 15.3. The first kappa shape index (κ1) is 26.9. The minimum absolute atomic E-state index is 0. The van der Waals surface area contributed by atoms with Gasteiger partial charge >= 0.3 is 8.56 Å². The van der Waals surface area contributed by atoms with Crippen LogP contribution in [-0.2, 0) is 21.2 Å². The average Bonchev–Trinajstić information content (AvgIpc) is 2.37. The van der Waals surface area contributed by atoms with Crippen LogP contribution in [0, 0.1) is 5.92 Å². The summed E-state index contributed by atoms with van der Waals surface area (Å²) in [6.45, 7) is 9.16. The Balaban J connectivity index is 0. The topological polar surface area (TPSA) is 46.2 Å². The van der Waals surface area contributed by atoms with Gasteiger partial charge in [0, 0.05) is 6.61 Å². The molecule has 1 saturated heterocycles. The summed E-state index contributed by atoms with van der Waals surface area (Å²) in [5, 5.41) is 0. The van der Waals surface area contributed by atoms with Crippen molar-refractivity contribution in [2.24, 2.45) is 5.92 Å². The summed E-state index contributed by atoms with van der Waals surface area (Å²) >= 11 is 0. The SMILES string of the molecule is C.C.C.C[SiH]1O[SiH](C)O[Si](C)(COCC2CCCCC2)O[SiH](C)O1. The quantitative estimate of drug-likeness (QED) is 0.656. The first-order chi connectivity index (χ1) is 9.97. The van der Waals surface area contributed by atoms with Crippen molar-refractivity contribution in [3.63, 3.8) is 0 Å². The van der Waals surface area contributed by atoms with Crippen molar-refractivity contribution < 1.29 is 21.2 Å². The molecule has 2 atom stereocenters. The third kappa shape index (κ3) is 9.39. The van der Waals surface area contributed by atoms with Crippen LogP contribution >= 0.6 is 0 Å². The van der Waals surface area contributed by atoms with Crippen LogP contribution in [0.5, 0.6) is 0 Å². The Morgan fingerprint density at radius 1 is 0.875 bits per heavy atom. The second-order valence-corrected chi connectivity index (χ2v) is 16.4. The fraction of sp³-hybridized carbons (Fsp3) is 1.00. The Kier molecular flexibility index (Phi) is 14.5. The molecule has 0 aromatic carbocycles. The van der Waals surface area contributed by atoms with Gasteiger partial charge in [-0.15, -0.1) is 0 Å². The zero-order valence-electron chi connectivity index (χ0n) is 13.8. The van der Waals surface area contributed by atoms with E-state index < -0.39 is 36.4 Å². The highest BCUT2D eigenvalue weighted by atomic mass is 28.5. The van der Waals surface area contributed by atoms with Crippen LogP contribution in [0.1, 0.15) is 54.4 Å². The van der Waals surface area contributed by atoms with Crippen molar-refractivity contribution in [1.29, 1.82) is 0 Å². The van der Waals surface area contributed by atoms with E-state index in [9.17, 15) is 0 Å². The molecule has 0 amide bonds. The molecule has 2 unspecified atom stereocenters. The van der Waals surface area contributed by atoms with Gasteiger partial charge in [0.15, 0.2) is 0 Å². The van der Waals surface area contributed by atoms with Crippen LogP contribution in [0.3, 0.4) is 0 Å². The van der Waals surface area contributed by atoms with Gasteiger partial charge in [-0.1, -0.05) is 41.5 Å². The smallest absolute Gasteiger partial charge is 0.343 e. The molecular formula is C15H42O5Si4. The largest absolute Gasteiger partial charge is 0.420 e. The summed E-state index contributed by atoms with van der Waals surface area (Å²) in [4.78, 5) is 0. The summed E-state index contributed by atoms with van der Waals surface area (Å²) in [6.07, 6.45) is 7.33. The van der Waals surface area contributed by atoms with Crippen molar-refractivity contribution in [3.05, 3.63) is 0 Å². The van der Waals surface area contributed by atoms with Crippen molar-refractivity contribution in [2.45, 2.75) is 80.6 Å². The molecule has 0 bridgehead atoms. The highest BCUT2D eigenvalue weighted by molar-refractivity contribution is 6.81. The van der Waals surface area contributed by atoms with Gasteiger partial charge in [0.05, 0.1) is 6.23 Å². The van der Waals surface area contributed by atoms with Crippen LogP contribution in [0.2, 0.25) is 26.2 Å². The number of ether oxygens (including phenoxy) is 1. The fourth-order valence-electron chi connectivity index (χ4n) is 3.19. The number of rotatable bonds is 4. The van der Waals surface area contributed by atoms with E-state index in [0.717, 1.165) is 12.5 Å². The van der Waals surface area contributed by atoms with Crippen molar-refractivity contribution >= 4 is 36.4 Å². The standard InChI is InChI=1S/C12H30O5Si4.3CH4/c1-18-14-19(2)16-21(4,17-20(3)15-18)11-13-10-12-8-6-5-7-9-12;;;/h12,18-20H,5-11H2,1-4H3;3*1H4. The van der Waals surface area contributed by atoms with E-state index in [-0.39, 0.29) is 22.3 Å². The average molecular weight is 415 g/mol. The van der Waals surface area contributed by atoms with Gasteiger partial charge in [0.1, 0.15) is 0 Å². The van der Waals surface area contributed by atoms with E-state index in [1.54, 1.807) is 0 Å². The molecule has 0 radical (unpaired) electrons. The summed E-state index contributed by atoms with van der Waals surface area (Å²) < 4.78 is 30.2. The Labute approximate surface area is 157 Å². The molecule has 1 saturated carbocycles. The van der Waals surface area contributed by atoms with Crippen molar-refractivity contribution in [2.75, 3.05) is 12.8 Å². The van der Waals surface area contributed by atoms with Crippen LogP contribution in [0.4, 0.5) is 0 Å². The van der Waals surface area contributed by atoms with E-state index in [0.29, 0.717) is 6.23 Å². The molecule has 1 aliphatic heterocycles. The van der Waals surface area contributed by atoms with Crippen molar-refractivity contribution in [3.8, 4) is 0 Å². The van der Waals surface area contributed by atoms with Gasteiger partial charge in [-0.25, -0.2) is 0 Å². The van der Waals surface area contributed by atoms with E-state index in [1.165, 1.54) is 32.1 Å². The molecule has 5 nitrogen and oxygen atoms in total. The molecule has 0 aromatic rings. The Hall–Kier alpha value is 0.668. The second kappa shape index (κ2) is 12.9. The third-order valence-corrected chi connectivity index (χ3v) is 17.5. The molecule has 0 spiro atoms. The maximum absolute atomic E-state index is 6.21. The summed E-state index contributed by atoms with van der Waals surface area (Å²) in [5.41, 5.74) is 0. The van der Waals surface area contributed by atoms with Gasteiger partial charge in [0.2, 0.25) is 0 Å². The van der Waals surface area contributed by atoms with Crippen molar-refractivity contribution in [1.82, 2.24) is 0 Å². The van der Waals surface area contributed by atoms with Gasteiger partial charge in [-0.2, -0.15) is 0 Å². The van der Waals surface area contributed by atoms with Gasteiger partial charge < -0.3 is 21.2 Å². The summed E-state index contributed by atoms with van der Waals surface area (Å²) in [6, 6.07) is 0. The predicted molar refractivity (Wildman–Crippen MR) is 113 cm³/mol. The maximum atomic E-state index is 6.21.